The number of rotatable bonds is 6. The Balaban J connectivity index is 1.50. The van der Waals surface area contributed by atoms with Crippen LogP contribution in [0.15, 0.2) is 18.3 Å². The largest absolute Gasteiger partial charge is 0.368 e. The summed E-state index contributed by atoms with van der Waals surface area (Å²) in [6.07, 6.45) is 6.51. The van der Waals surface area contributed by atoms with Crippen LogP contribution < -0.4 is 5.32 Å². The monoisotopic (exact) mass is 464 g/mol. The quantitative estimate of drug-likeness (QED) is 0.604. The standard InChI is InChI=1S/C25H32N6O3/c1-15-18(14-30(3)28-15)13-29(2)25(33)17-11-19-22(31(4)23(26-19)16-7-5-8-16)20(12-17)27-24(32)21-9-6-10-34-21/h11-12,14,16,21H,5-10,13H2,1-4H3,(H,27,32)/t21-/m1/s1. The Hall–Kier alpha value is -3.20. The molecule has 1 aromatic carbocycles. The third-order valence-electron chi connectivity index (χ3n) is 7.07. The molecule has 180 valence electrons. The average molecular weight is 465 g/mol. The molecule has 3 aromatic rings. The number of aryl methyl sites for hydroxylation is 3. The summed E-state index contributed by atoms with van der Waals surface area (Å²) < 4.78 is 9.40. The second kappa shape index (κ2) is 8.87. The molecule has 2 aliphatic rings. The number of carbonyl (C=O) groups is 2. The SMILES string of the molecule is Cc1nn(C)cc1CN(C)C(=O)c1cc(NC(=O)[C@H]2CCCO2)c2c(c1)nc(C1CCC1)n2C. The second-order valence-corrected chi connectivity index (χ2v) is 9.61. The fourth-order valence-corrected chi connectivity index (χ4v) is 4.97. The van der Waals surface area contributed by atoms with E-state index >= 15 is 0 Å². The summed E-state index contributed by atoms with van der Waals surface area (Å²) in [4.78, 5) is 32.9. The van der Waals surface area contributed by atoms with Crippen molar-refractivity contribution in [3.63, 3.8) is 0 Å². The zero-order chi connectivity index (χ0) is 24.0. The van der Waals surface area contributed by atoms with E-state index in [0.717, 1.165) is 47.4 Å². The van der Waals surface area contributed by atoms with Crippen molar-refractivity contribution in [3.05, 3.63) is 41.0 Å². The van der Waals surface area contributed by atoms with Crippen molar-refractivity contribution in [3.8, 4) is 0 Å². The van der Waals surface area contributed by atoms with Crippen molar-refractivity contribution in [1.82, 2.24) is 24.2 Å². The van der Waals surface area contributed by atoms with Crippen LogP contribution in [-0.2, 0) is 30.2 Å². The summed E-state index contributed by atoms with van der Waals surface area (Å²) in [5.74, 6) is 1.13. The molecule has 1 aliphatic heterocycles. The summed E-state index contributed by atoms with van der Waals surface area (Å²) in [6.45, 7) is 2.99. The minimum absolute atomic E-state index is 0.131. The Morgan fingerprint density at radius 1 is 1.21 bits per heavy atom. The van der Waals surface area contributed by atoms with Gasteiger partial charge in [-0.25, -0.2) is 4.98 Å². The lowest BCUT2D eigenvalue weighted by Gasteiger charge is -2.24. The number of hydrogen-bond donors (Lipinski definition) is 1. The molecule has 0 bridgehead atoms. The van der Waals surface area contributed by atoms with Crippen LogP contribution in [0, 0.1) is 6.92 Å². The maximum atomic E-state index is 13.4. The zero-order valence-electron chi connectivity index (χ0n) is 20.3. The average Bonchev–Trinajstić information content (AvgIpc) is 3.47. The van der Waals surface area contributed by atoms with Gasteiger partial charge in [0.05, 0.1) is 22.4 Å². The molecule has 5 rings (SSSR count). The number of imidazole rings is 1. The number of fused-ring (bicyclic) bond motifs is 1. The van der Waals surface area contributed by atoms with Crippen molar-refractivity contribution in [1.29, 1.82) is 0 Å². The van der Waals surface area contributed by atoms with Crippen LogP contribution in [0.4, 0.5) is 5.69 Å². The Labute approximate surface area is 199 Å². The molecule has 34 heavy (non-hydrogen) atoms. The third-order valence-corrected chi connectivity index (χ3v) is 7.07. The molecule has 1 atom stereocenters. The first-order chi connectivity index (χ1) is 16.3. The van der Waals surface area contributed by atoms with Crippen molar-refractivity contribution in [2.45, 2.75) is 57.6 Å². The Kier molecular flexibility index (Phi) is 5.89. The first-order valence-corrected chi connectivity index (χ1v) is 12.0. The topological polar surface area (TPSA) is 94.3 Å². The molecule has 3 heterocycles. The third kappa shape index (κ3) is 4.09. The van der Waals surface area contributed by atoms with Gasteiger partial charge in [0.2, 0.25) is 0 Å². The molecule has 0 radical (unpaired) electrons. The van der Waals surface area contributed by atoms with E-state index in [1.54, 1.807) is 22.7 Å². The van der Waals surface area contributed by atoms with Gasteiger partial charge in [0.15, 0.2) is 0 Å². The minimum Gasteiger partial charge on any atom is -0.368 e. The van der Waals surface area contributed by atoms with E-state index in [2.05, 4.69) is 15.0 Å². The number of nitrogens with zero attached hydrogens (tertiary/aromatic N) is 5. The van der Waals surface area contributed by atoms with Gasteiger partial charge in [0, 0.05) is 57.5 Å². The normalized spacial score (nSPS) is 18.3. The Morgan fingerprint density at radius 3 is 2.62 bits per heavy atom. The fourth-order valence-electron chi connectivity index (χ4n) is 4.97. The molecule has 1 saturated heterocycles. The predicted molar refractivity (Wildman–Crippen MR) is 129 cm³/mol. The number of benzene rings is 1. The van der Waals surface area contributed by atoms with Crippen LogP contribution in [0.25, 0.3) is 11.0 Å². The molecular weight excluding hydrogens is 432 g/mol. The van der Waals surface area contributed by atoms with E-state index in [0.29, 0.717) is 36.7 Å². The van der Waals surface area contributed by atoms with Gasteiger partial charge < -0.3 is 19.5 Å². The molecule has 1 aliphatic carbocycles. The molecule has 9 nitrogen and oxygen atoms in total. The lowest BCUT2D eigenvalue weighted by molar-refractivity contribution is -0.124. The van der Waals surface area contributed by atoms with Gasteiger partial charge in [-0.05, 0) is 44.7 Å². The summed E-state index contributed by atoms with van der Waals surface area (Å²) in [5.41, 5.74) is 4.57. The van der Waals surface area contributed by atoms with E-state index in [9.17, 15) is 9.59 Å². The summed E-state index contributed by atoms with van der Waals surface area (Å²) in [6, 6.07) is 3.62. The van der Waals surface area contributed by atoms with Gasteiger partial charge in [-0.3, -0.25) is 14.3 Å². The molecule has 9 heteroatoms. The second-order valence-electron chi connectivity index (χ2n) is 9.61. The van der Waals surface area contributed by atoms with Crippen molar-refractivity contribution in [2.75, 3.05) is 19.0 Å². The summed E-state index contributed by atoms with van der Waals surface area (Å²) >= 11 is 0. The van der Waals surface area contributed by atoms with Gasteiger partial charge in [-0.15, -0.1) is 0 Å². The highest BCUT2D eigenvalue weighted by Crippen LogP contribution is 2.38. The van der Waals surface area contributed by atoms with E-state index in [1.165, 1.54) is 6.42 Å². The smallest absolute Gasteiger partial charge is 0.254 e. The van der Waals surface area contributed by atoms with E-state index in [-0.39, 0.29) is 11.8 Å². The first kappa shape index (κ1) is 22.6. The molecule has 1 saturated carbocycles. The van der Waals surface area contributed by atoms with Crippen molar-refractivity contribution in [2.24, 2.45) is 14.1 Å². The lowest BCUT2D eigenvalue weighted by atomic mass is 9.85. The number of nitrogens with one attached hydrogen (secondary N) is 1. The number of hydrogen-bond acceptors (Lipinski definition) is 5. The molecule has 2 amide bonds. The van der Waals surface area contributed by atoms with Gasteiger partial charge in [-0.2, -0.15) is 5.10 Å². The first-order valence-electron chi connectivity index (χ1n) is 12.0. The number of aromatic nitrogens is 4. The summed E-state index contributed by atoms with van der Waals surface area (Å²) in [7, 11) is 5.64. The number of amides is 2. The van der Waals surface area contributed by atoms with Gasteiger partial charge in [-0.1, -0.05) is 6.42 Å². The van der Waals surface area contributed by atoms with Gasteiger partial charge in [0.25, 0.3) is 11.8 Å². The van der Waals surface area contributed by atoms with Crippen LogP contribution in [0.3, 0.4) is 0 Å². The number of anilines is 1. The molecular formula is C25H32N6O3. The van der Waals surface area contributed by atoms with E-state index in [1.807, 2.05) is 33.3 Å². The lowest BCUT2D eigenvalue weighted by Crippen LogP contribution is -2.28. The highest BCUT2D eigenvalue weighted by molar-refractivity contribution is 6.06. The highest BCUT2D eigenvalue weighted by Gasteiger charge is 2.29. The van der Waals surface area contributed by atoms with Crippen LogP contribution in [0.1, 0.15) is 65.5 Å². The van der Waals surface area contributed by atoms with Crippen LogP contribution >= 0.6 is 0 Å². The zero-order valence-corrected chi connectivity index (χ0v) is 20.3. The molecule has 0 unspecified atom stereocenters. The Morgan fingerprint density at radius 2 is 2.00 bits per heavy atom. The predicted octanol–water partition coefficient (Wildman–Crippen LogP) is 3.27. The molecule has 0 spiro atoms. The van der Waals surface area contributed by atoms with Crippen LogP contribution in [0.2, 0.25) is 0 Å². The maximum Gasteiger partial charge on any atom is 0.254 e. The van der Waals surface area contributed by atoms with Crippen molar-refractivity contribution >= 4 is 28.5 Å². The Bertz CT molecular complexity index is 1250. The van der Waals surface area contributed by atoms with Crippen LogP contribution in [-0.4, -0.2) is 55.8 Å². The van der Waals surface area contributed by atoms with Gasteiger partial charge in [0.1, 0.15) is 11.9 Å². The van der Waals surface area contributed by atoms with Crippen LogP contribution in [0.5, 0.6) is 0 Å². The summed E-state index contributed by atoms with van der Waals surface area (Å²) in [5, 5.41) is 7.41. The fraction of sp³-hybridized carbons (Fsp3) is 0.520. The molecule has 2 fully saturated rings. The minimum atomic E-state index is -0.454. The molecule has 2 aromatic heterocycles. The highest BCUT2D eigenvalue weighted by atomic mass is 16.5. The number of carbonyl (C=O) groups excluding carboxylic acids is 2. The number of ether oxygens (including phenoxy) is 1. The van der Waals surface area contributed by atoms with Gasteiger partial charge >= 0.3 is 0 Å². The maximum absolute atomic E-state index is 13.4. The van der Waals surface area contributed by atoms with Crippen molar-refractivity contribution < 1.29 is 14.3 Å². The molecule has 1 N–H and O–H groups in total. The van der Waals surface area contributed by atoms with E-state index in [4.69, 9.17) is 9.72 Å². The van der Waals surface area contributed by atoms with E-state index < -0.39 is 6.10 Å².